The Hall–Kier alpha value is -8.10. The highest BCUT2D eigenvalue weighted by molar-refractivity contribution is 6.09. The lowest BCUT2D eigenvalue weighted by atomic mass is 9.88. The number of pyridine rings is 2. The van der Waals surface area contributed by atoms with Gasteiger partial charge in [0, 0.05) is 71.3 Å². The topological polar surface area (TPSA) is 269 Å². The standard InChI is InChI=1S/C60H70F2N10O8/c1-35(65-3)57(77)69-49(59(79)71-27-9-15-51(71)39-29-41(33-67-31-39)53(73)37-17-21-43(61)22-18-37)13-7-5-11-45-46(48(56(64)76)26-25-47(45)55(63)75)12-6-8-14-50(70-58(78)36(2)66-4)60(80)72-28-10-16-52(72)40-30-42(34-68-32-40)54(74)38-19-23-44(62)24-20-38/h17-26,29-36,49-52,65-66H,5-16,27-28H2,1-4H3,(H2,63,75)(H2,64,76)(H,69,77)(H,70,78). The van der Waals surface area contributed by atoms with Gasteiger partial charge in [0.05, 0.1) is 24.2 Å². The van der Waals surface area contributed by atoms with Crippen LogP contribution >= 0.6 is 0 Å². The van der Waals surface area contributed by atoms with Crippen molar-refractivity contribution in [3.05, 3.63) is 165 Å². The number of nitrogens with one attached hydrogen (secondary N) is 4. The van der Waals surface area contributed by atoms with E-state index < -0.39 is 59.7 Å². The van der Waals surface area contributed by atoms with Crippen molar-refractivity contribution >= 4 is 47.0 Å². The second kappa shape index (κ2) is 27.7. The Balaban J connectivity index is 1.05. The minimum atomic E-state index is -0.954. The summed E-state index contributed by atoms with van der Waals surface area (Å²) in [5.41, 5.74) is 15.8. The summed E-state index contributed by atoms with van der Waals surface area (Å²) < 4.78 is 27.3. The van der Waals surface area contributed by atoms with Crippen LogP contribution in [0.5, 0.6) is 0 Å². The molecule has 6 atom stereocenters. The summed E-state index contributed by atoms with van der Waals surface area (Å²) in [6, 6.07) is 12.7. The number of benzene rings is 3. The Morgan fingerprint density at radius 2 is 0.925 bits per heavy atom. The van der Waals surface area contributed by atoms with Gasteiger partial charge in [0.1, 0.15) is 23.7 Å². The number of aromatic nitrogens is 2. The number of carbonyl (C=O) groups is 8. The van der Waals surface area contributed by atoms with Gasteiger partial charge in [0.25, 0.3) is 0 Å². The molecule has 8 N–H and O–H groups in total. The Labute approximate surface area is 464 Å². The number of likely N-dealkylation sites (N-methyl/N-ethyl adjacent to an activating group) is 2. The predicted octanol–water partition coefficient (Wildman–Crippen LogP) is 5.75. The minimum Gasteiger partial charge on any atom is -0.366 e. The van der Waals surface area contributed by atoms with Crippen LogP contribution in [0, 0.1) is 11.6 Å². The van der Waals surface area contributed by atoms with Gasteiger partial charge in [-0.1, -0.05) is 12.8 Å². The van der Waals surface area contributed by atoms with E-state index >= 15 is 0 Å². The van der Waals surface area contributed by atoms with E-state index in [4.69, 9.17) is 11.5 Å². The molecule has 80 heavy (non-hydrogen) atoms. The average molecular weight is 1100 g/mol. The zero-order chi connectivity index (χ0) is 57.6. The quantitative estimate of drug-likeness (QED) is 0.0285. The number of nitrogens with two attached hydrogens (primary N) is 2. The van der Waals surface area contributed by atoms with E-state index in [1.54, 1.807) is 62.3 Å². The number of halogens is 2. The molecule has 0 spiro atoms. The average Bonchev–Trinajstić information content (AvgIpc) is 4.20. The Morgan fingerprint density at radius 1 is 0.550 bits per heavy atom. The van der Waals surface area contributed by atoms with Crippen LogP contribution < -0.4 is 32.7 Å². The van der Waals surface area contributed by atoms with Gasteiger partial charge in [-0.3, -0.25) is 48.3 Å². The molecular weight excluding hydrogens is 1030 g/mol. The molecule has 2 aliphatic rings. The molecule has 2 saturated heterocycles. The van der Waals surface area contributed by atoms with Crippen molar-refractivity contribution < 1.29 is 47.1 Å². The first-order valence-electron chi connectivity index (χ1n) is 27.2. The summed E-state index contributed by atoms with van der Waals surface area (Å²) in [5, 5.41) is 11.7. The van der Waals surface area contributed by atoms with Crippen molar-refractivity contribution in [3.63, 3.8) is 0 Å². The number of hydrogen-bond acceptors (Lipinski definition) is 12. The van der Waals surface area contributed by atoms with Crippen molar-refractivity contribution in [2.75, 3.05) is 27.2 Å². The van der Waals surface area contributed by atoms with E-state index in [9.17, 15) is 47.1 Å². The highest BCUT2D eigenvalue weighted by Crippen LogP contribution is 2.35. The molecule has 18 nitrogen and oxygen atoms in total. The van der Waals surface area contributed by atoms with Crippen molar-refractivity contribution in [2.24, 2.45) is 11.5 Å². The normalized spacial score (nSPS) is 16.6. The van der Waals surface area contributed by atoms with E-state index in [-0.39, 0.29) is 94.3 Å². The summed E-state index contributed by atoms with van der Waals surface area (Å²) in [7, 11) is 3.27. The van der Waals surface area contributed by atoms with Gasteiger partial charge in [-0.15, -0.1) is 0 Å². The molecule has 7 rings (SSSR count). The monoisotopic (exact) mass is 1100 g/mol. The fourth-order valence-corrected chi connectivity index (χ4v) is 10.6. The van der Waals surface area contributed by atoms with Gasteiger partial charge >= 0.3 is 0 Å². The van der Waals surface area contributed by atoms with Crippen molar-refractivity contribution in [1.29, 1.82) is 0 Å². The van der Waals surface area contributed by atoms with Crippen LogP contribution in [-0.2, 0) is 32.0 Å². The van der Waals surface area contributed by atoms with E-state index in [2.05, 4.69) is 31.2 Å². The number of carbonyl (C=O) groups excluding carboxylic acids is 8. The van der Waals surface area contributed by atoms with Gasteiger partial charge in [-0.2, -0.15) is 0 Å². The van der Waals surface area contributed by atoms with Crippen LogP contribution in [0.2, 0.25) is 0 Å². The first-order chi connectivity index (χ1) is 38.4. The van der Waals surface area contributed by atoms with E-state index in [1.807, 2.05) is 0 Å². The smallest absolute Gasteiger partial charge is 0.248 e. The highest BCUT2D eigenvalue weighted by Gasteiger charge is 2.37. The molecule has 4 heterocycles. The number of hydrogen-bond donors (Lipinski definition) is 6. The first-order valence-corrected chi connectivity index (χ1v) is 27.2. The summed E-state index contributed by atoms with van der Waals surface area (Å²) in [5.74, 6) is -4.48. The number of rotatable bonds is 26. The third-order valence-electron chi connectivity index (χ3n) is 15.3. The lowest BCUT2D eigenvalue weighted by Gasteiger charge is -2.30. The maximum Gasteiger partial charge on any atom is 0.248 e. The molecule has 3 aromatic carbocycles. The third kappa shape index (κ3) is 14.6. The van der Waals surface area contributed by atoms with Crippen LogP contribution in [0.15, 0.2) is 97.6 Å². The van der Waals surface area contributed by atoms with Crippen molar-refractivity contribution in [3.8, 4) is 0 Å². The second-order valence-electron chi connectivity index (χ2n) is 20.5. The maximum absolute atomic E-state index is 14.6. The number of primary amides is 2. The lowest BCUT2D eigenvalue weighted by molar-refractivity contribution is -0.138. The molecule has 6 unspecified atom stereocenters. The Bertz CT molecular complexity index is 2880. The molecule has 6 amide bonds. The van der Waals surface area contributed by atoms with Crippen molar-refractivity contribution in [1.82, 2.24) is 41.0 Å². The van der Waals surface area contributed by atoms with Crippen LogP contribution in [0.3, 0.4) is 0 Å². The number of unbranched alkanes of at least 4 members (excludes halogenated alkanes) is 2. The summed E-state index contributed by atoms with van der Waals surface area (Å²) >= 11 is 0. The highest BCUT2D eigenvalue weighted by atomic mass is 19.1. The fraction of sp³-hybridized carbons (Fsp3) is 0.400. The number of ketones is 2. The Morgan fingerprint density at radius 3 is 1.27 bits per heavy atom. The van der Waals surface area contributed by atoms with Crippen molar-refractivity contribution in [2.45, 2.75) is 127 Å². The number of amides is 6. The Kier molecular flexibility index (Phi) is 20.6. The molecule has 5 aromatic rings. The van der Waals surface area contributed by atoms with E-state index in [0.717, 1.165) is 0 Å². The van der Waals surface area contributed by atoms with Crippen LogP contribution in [-0.4, -0.2) is 118 Å². The lowest BCUT2D eigenvalue weighted by Crippen LogP contribution is -2.52. The molecule has 0 radical (unpaired) electrons. The van der Waals surface area contributed by atoms with Gasteiger partial charge in [-0.25, -0.2) is 8.78 Å². The molecular formula is C60H70F2N10O8. The fourth-order valence-electron chi connectivity index (χ4n) is 10.6. The largest absolute Gasteiger partial charge is 0.366 e. The van der Waals surface area contributed by atoms with Crippen LogP contribution in [0.4, 0.5) is 8.78 Å². The molecule has 20 heteroatoms. The maximum atomic E-state index is 14.6. The van der Waals surface area contributed by atoms with E-state index in [0.29, 0.717) is 86.7 Å². The van der Waals surface area contributed by atoms with Gasteiger partial charge in [0.15, 0.2) is 11.6 Å². The molecule has 2 fully saturated rings. The zero-order valence-corrected chi connectivity index (χ0v) is 45.6. The second-order valence-corrected chi connectivity index (χ2v) is 20.5. The van der Waals surface area contributed by atoms with Gasteiger partial charge < -0.3 is 42.5 Å². The zero-order valence-electron chi connectivity index (χ0n) is 45.6. The molecule has 0 saturated carbocycles. The summed E-state index contributed by atoms with van der Waals surface area (Å²) in [6.07, 6.45) is 11.1. The third-order valence-corrected chi connectivity index (χ3v) is 15.3. The molecule has 422 valence electrons. The minimum absolute atomic E-state index is 0.196. The van der Waals surface area contributed by atoms with Gasteiger partial charge in [-0.05, 0) is 187 Å². The molecule has 2 aliphatic heterocycles. The summed E-state index contributed by atoms with van der Waals surface area (Å²) in [4.78, 5) is 121. The number of nitrogens with zero attached hydrogens (tertiary/aromatic N) is 4. The predicted molar refractivity (Wildman–Crippen MR) is 295 cm³/mol. The first kappa shape index (κ1) is 59.6. The van der Waals surface area contributed by atoms with Crippen LogP contribution in [0.25, 0.3) is 0 Å². The molecule has 2 aromatic heterocycles. The SMILES string of the molecule is CNC(C)C(=O)NC(CCCCc1c(C(N)=O)ccc(C(N)=O)c1CCCCC(NC(=O)C(C)NC)C(=O)N1CCCC1c1cncc(C(=O)c2ccc(F)cc2)c1)C(=O)N1CCCC1c1cncc(C(=O)c2ccc(F)cc2)c1. The summed E-state index contributed by atoms with van der Waals surface area (Å²) in [6.45, 7) is 4.14. The molecule has 0 aliphatic carbocycles. The number of likely N-dealkylation sites (tertiary alicyclic amines) is 2. The van der Waals surface area contributed by atoms with E-state index in [1.165, 1.54) is 73.1 Å². The van der Waals surface area contributed by atoms with Gasteiger partial charge in [0.2, 0.25) is 35.4 Å². The molecule has 0 bridgehead atoms. The van der Waals surface area contributed by atoms with Crippen LogP contribution in [0.1, 0.15) is 165 Å².